The van der Waals surface area contributed by atoms with Crippen LogP contribution in [-0.2, 0) is 0 Å². The van der Waals surface area contributed by atoms with Crippen molar-refractivity contribution in [3.05, 3.63) is 36.8 Å². The SMILES string of the molecule is Pc1cnn(-c2ccccn2)c1. The topological polar surface area (TPSA) is 30.7 Å². The van der Waals surface area contributed by atoms with Crippen molar-refractivity contribution < 1.29 is 0 Å². The van der Waals surface area contributed by atoms with Crippen LogP contribution in [-0.4, -0.2) is 14.8 Å². The van der Waals surface area contributed by atoms with Gasteiger partial charge in [0.05, 0.1) is 6.20 Å². The van der Waals surface area contributed by atoms with E-state index < -0.39 is 0 Å². The fraction of sp³-hybridized carbons (Fsp3) is 0. The zero-order valence-corrected chi connectivity index (χ0v) is 7.54. The maximum Gasteiger partial charge on any atom is 0.153 e. The lowest BCUT2D eigenvalue weighted by molar-refractivity contribution is 0.847. The first-order valence-electron chi connectivity index (χ1n) is 3.58. The Hall–Kier alpha value is -1.21. The van der Waals surface area contributed by atoms with Crippen molar-refractivity contribution in [1.29, 1.82) is 0 Å². The molecule has 60 valence electrons. The van der Waals surface area contributed by atoms with Gasteiger partial charge in [0, 0.05) is 17.7 Å². The van der Waals surface area contributed by atoms with E-state index in [1.165, 1.54) is 0 Å². The highest BCUT2D eigenvalue weighted by atomic mass is 31.0. The summed E-state index contributed by atoms with van der Waals surface area (Å²) in [7, 11) is 2.59. The predicted molar refractivity (Wildman–Crippen MR) is 50.7 cm³/mol. The van der Waals surface area contributed by atoms with Gasteiger partial charge in [-0.15, -0.1) is 9.24 Å². The molecule has 0 N–H and O–H groups in total. The molecule has 0 aliphatic rings. The van der Waals surface area contributed by atoms with E-state index in [0.29, 0.717) is 0 Å². The average molecular weight is 177 g/mol. The molecule has 0 saturated carbocycles. The molecule has 0 aromatic carbocycles. The van der Waals surface area contributed by atoms with Crippen molar-refractivity contribution in [2.75, 3.05) is 0 Å². The smallest absolute Gasteiger partial charge is 0.153 e. The van der Waals surface area contributed by atoms with Gasteiger partial charge < -0.3 is 0 Å². The molecular weight excluding hydrogens is 169 g/mol. The van der Waals surface area contributed by atoms with E-state index in [-0.39, 0.29) is 0 Å². The van der Waals surface area contributed by atoms with Crippen molar-refractivity contribution in [3.8, 4) is 5.82 Å². The Morgan fingerprint density at radius 1 is 1.33 bits per heavy atom. The summed E-state index contributed by atoms with van der Waals surface area (Å²) in [5.41, 5.74) is 0. The quantitative estimate of drug-likeness (QED) is 0.602. The van der Waals surface area contributed by atoms with Crippen LogP contribution in [0.15, 0.2) is 36.8 Å². The highest BCUT2D eigenvalue weighted by Crippen LogP contribution is 1.99. The minimum atomic E-state index is 0.839. The standard InChI is InChI=1S/C8H8N3P/c12-7-5-10-11(6-7)8-3-1-2-4-9-8/h1-6H,12H2. The normalized spacial score (nSPS) is 10.1. The van der Waals surface area contributed by atoms with Crippen molar-refractivity contribution in [1.82, 2.24) is 14.8 Å². The van der Waals surface area contributed by atoms with Crippen LogP contribution in [0.2, 0.25) is 0 Å². The summed E-state index contributed by atoms with van der Waals surface area (Å²) >= 11 is 0. The summed E-state index contributed by atoms with van der Waals surface area (Å²) < 4.78 is 1.74. The summed E-state index contributed by atoms with van der Waals surface area (Å²) in [6.45, 7) is 0. The predicted octanol–water partition coefficient (Wildman–Crippen LogP) is 0.768. The van der Waals surface area contributed by atoms with Crippen molar-refractivity contribution in [3.63, 3.8) is 0 Å². The lowest BCUT2D eigenvalue weighted by atomic mass is 10.5. The first kappa shape index (κ1) is 7.44. The molecule has 12 heavy (non-hydrogen) atoms. The van der Waals surface area contributed by atoms with E-state index in [9.17, 15) is 0 Å². The molecule has 0 aliphatic carbocycles. The first-order valence-corrected chi connectivity index (χ1v) is 4.15. The van der Waals surface area contributed by atoms with E-state index in [1.54, 1.807) is 17.1 Å². The van der Waals surface area contributed by atoms with Crippen LogP contribution in [0.4, 0.5) is 0 Å². The Labute approximate surface area is 72.6 Å². The van der Waals surface area contributed by atoms with Crippen molar-refractivity contribution in [2.24, 2.45) is 0 Å². The first-order chi connectivity index (χ1) is 5.86. The molecular formula is C8H8N3P. The largest absolute Gasteiger partial charge is 0.237 e. The van der Waals surface area contributed by atoms with Gasteiger partial charge in [0.15, 0.2) is 5.82 Å². The minimum absolute atomic E-state index is 0.839. The van der Waals surface area contributed by atoms with Gasteiger partial charge in [-0.05, 0) is 12.1 Å². The monoisotopic (exact) mass is 177 g/mol. The Morgan fingerprint density at radius 3 is 2.83 bits per heavy atom. The molecule has 2 aromatic rings. The Morgan fingerprint density at radius 2 is 2.25 bits per heavy atom. The highest BCUT2D eigenvalue weighted by molar-refractivity contribution is 7.27. The summed E-state index contributed by atoms with van der Waals surface area (Å²) in [5, 5.41) is 5.18. The molecule has 0 radical (unpaired) electrons. The van der Waals surface area contributed by atoms with Crippen LogP contribution in [0.3, 0.4) is 0 Å². The Balaban J connectivity index is 2.45. The van der Waals surface area contributed by atoms with Crippen LogP contribution in [0.25, 0.3) is 5.82 Å². The second-order valence-corrected chi connectivity index (χ2v) is 3.07. The second kappa shape index (κ2) is 3.03. The molecule has 1 unspecified atom stereocenters. The number of pyridine rings is 1. The van der Waals surface area contributed by atoms with E-state index in [2.05, 4.69) is 19.3 Å². The zero-order chi connectivity index (χ0) is 8.39. The third-order valence-corrected chi connectivity index (χ3v) is 1.78. The zero-order valence-electron chi connectivity index (χ0n) is 6.38. The maximum absolute atomic E-state index is 4.15. The van der Waals surface area contributed by atoms with Gasteiger partial charge >= 0.3 is 0 Å². The minimum Gasteiger partial charge on any atom is -0.237 e. The van der Waals surface area contributed by atoms with Gasteiger partial charge in [-0.1, -0.05) is 6.07 Å². The van der Waals surface area contributed by atoms with Crippen LogP contribution in [0.1, 0.15) is 0 Å². The number of rotatable bonds is 1. The van der Waals surface area contributed by atoms with Crippen LogP contribution in [0, 0.1) is 0 Å². The third kappa shape index (κ3) is 1.36. The lowest BCUT2D eigenvalue weighted by Crippen LogP contribution is -1.96. The van der Waals surface area contributed by atoms with Gasteiger partial charge in [0.1, 0.15) is 0 Å². The molecule has 0 bridgehead atoms. The van der Waals surface area contributed by atoms with E-state index in [4.69, 9.17) is 0 Å². The van der Waals surface area contributed by atoms with Crippen LogP contribution < -0.4 is 5.30 Å². The van der Waals surface area contributed by atoms with Crippen molar-refractivity contribution in [2.45, 2.75) is 0 Å². The molecule has 2 rings (SSSR count). The summed E-state index contributed by atoms with van der Waals surface area (Å²) in [6.07, 6.45) is 5.44. The summed E-state index contributed by atoms with van der Waals surface area (Å²) in [6, 6.07) is 5.73. The van der Waals surface area contributed by atoms with Crippen LogP contribution >= 0.6 is 9.24 Å². The fourth-order valence-corrected chi connectivity index (χ4v) is 1.16. The molecule has 2 heterocycles. The van der Waals surface area contributed by atoms with Gasteiger partial charge in [0.2, 0.25) is 0 Å². The van der Waals surface area contributed by atoms with Gasteiger partial charge in [-0.25, -0.2) is 9.67 Å². The number of nitrogens with zero attached hydrogens (tertiary/aromatic N) is 3. The molecule has 3 nitrogen and oxygen atoms in total. The van der Waals surface area contributed by atoms with Gasteiger partial charge in [-0.3, -0.25) is 0 Å². The molecule has 0 fully saturated rings. The second-order valence-electron chi connectivity index (χ2n) is 2.41. The third-order valence-electron chi connectivity index (χ3n) is 1.49. The maximum atomic E-state index is 4.15. The van der Waals surface area contributed by atoms with E-state index in [0.717, 1.165) is 11.1 Å². The van der Waals surface area contributed by atoms with E-state index in [1.807, 2.05) is 24.4 Å². The van der Waals surface area contributed by atoms with Gasteiger partial charge in [0.25, 0.3) is 0 Å². The van der Waals surface area contributed by atoms with Crippen LogP contribution in [0.5, 0.6) is 0 Å². The van der Waals surface area contributed by atoms with Gasteiger partial charge in [-0.2, -0.15) is 5.10 Å². The fourth-order valence-electron chi connectivity index (χ4n) is 0.951. The number of hydrogen-bond acceptors (Lipinski definition) is 2. The van der Waals surface area contributed by atoms with E-state index >= 15 is 0 Å². The molecule has 0 spiro atoms. The molecule has 2 aromatic heterocycles. The summed E-state index contributed by atoms with van der Waals surface area (Å²) in [5.74, 6) is 0.839. The molecule has 1 atom stereocenters. The lowest BCUT2D eigenvalue weighted by Gasteiger charge is -1.96. The molecule has 0 amide bonds. The highest BCUT2D eigenvalue weighted by Gasteiger charge is 1.96. The number of aromatic nitrogens is 3. The Kier molecular flexibility index (Phi) is 1.88. The average Bonchev–Trinajstić information content (AvgIpc) is 2.54. The Bertz CT molecular complexity index is 369. The summed E-state index contributed by atoms with van der Waals surface area (Å²) in [4.78, 5) is 4.15. The molecule has 0 aliphatic heterocycles. The molecule has 4 heteroatoms. The van der Waals surface area contributed by atoms with Crippen molar-refractivity contribution >= 4 is 14.5 Å². The number of hydrogen-bond donors (Lipinski definition) is 0. The molecule has 0 saturated heterocycles.